The quantitative estimate of drug-likeness (QED) is 0.756. The molecular weight excluding hydrogens is 212 g/mol. The summed E-state index contributed by atoms with van der Waals surface area (Å²) in [5.74, 6) is 0.175. The monoisotopic (exact) mass is 232 g/mol. The van der Waals surface area contributed by atoms with Gasteiger partial charge in [0.15, 0.2) is 0 Å². The number of nitrogen functional groups attached to an aromatic ring is 1. The summed E-state index contributed by atoms with van der Waals surface area (Å²) in [6.45, 7) is 7.00. The number of hydrogen-bond donors (Lipinski definition) is 1. The van der Waals surface area contributed by atoms with Gasteiger partial charge in [0.05, 0.1) is 11.4 Å². The van der Waals surface area contributed by atoms with Crippen LogP contribution in [-0.4, -0.2) is 12.5 Å². The Kier molecular flexibility index (Phi) is 2.86. The molecule has 1 amide bonds. The van der Waals surface area contributed by atoms with Crippen molar-refractivity contribution in [2.75, 3.05) is 17.2 Å². The van der Waals surface area contributed by atoms with Gasteiger partial charge in [-0.3, -0.25) is 4.79 Å². The number of nitrogens with two attached hydrogens (primary N) is 1. The number of nitrogens with zero attached hydrogens (tertiary/aromatic N) is 1. The maximum atomic E-state index is 12.2. The highest BCUT2D eigenvalue weighted by Crippen LogP contribution is 2.35. The van der Waals surface area contributed by atoms with Crippen molar-refractivity contribution < 1.29 is 4.79 Å². The van der Waals surface area contributed by atoms with Crippen molar-refractivity contribution in [2.45, 2.75) is 33.6 Å². The Hall–Kier alpha value is -1.51. The second kappa shape index (κ2) is 4.06. The molecule has 0 saturated heterocycles. The average molecular weight is 232 g/mol. The summed E-state index contributed by atoms with van der Waals surface area (Å²) >= 11 is 0. The first-order chi connectivity index (χ1) is 7.88. The van der Waals surface area contributed by atoms with Gasteiger partial charge in [-0.25, -0.2) is 0 Å². The lowest BCUT2D eigenvalue weighted by Crippen LogP contribution is -2.32. The molecule has 1 aliphatic heterocycles. The van der Waals surface area contributed by atoms with E-state index in [9.17, 15) is 4.79 Å². The molecule has 1 aromatic carbocycles. The van der Waals surface area contributed by atoms with Crippen molar-refractivity contribution in [3.8, 4) is 0 Å². The smallest absolute Gasteiger partial charge is 0.227 e. The van der Waals surface area contributed by atoms with Crippen LogP contribution in [0.4, 0.5) is 11.4 Å². The molecule has 92 valence electrons. The molecule has 0 atom stereocenters. The second-order valence-electron chi connectivity index (χ2n) is 5.89. The van der Waals surface area contributed by atoms with E-state index < -0.39 is 0 Å². The van der Waals surface area contributed by atoms with E-state index in [1.807, 2.05) is 17.0 Å². The van der Waals surface area contributed by atoms with Gasteiger partial charge < -0.3 is 10.6 Å². The van der Waals surface area contributed by atoms with Gasteiger partial charge in [0, 0.05) is 13.0 Å². The van der Waals surface area contributed by atoms with E-state index in [1.54, 1.807) is 0 Å². The van der Waals surface area contributed by atoms with Gasteiger partial charge in [0.2, 0.25) is 5.91 Å². The predicted molar refractivity (Wildman–Crippen MR) is 71.0 cm³/mol. The van der Waals surface area contributed by atoms with Gasteiger partial charge in [-0.2, -0.15) is 0 Å². The zero-order chi connectivity index (χ0) is 12.6. The Morgan fingerprint density at radius 3 is 2.76 bits per heavy atom. The van der Waals surface area contributed by atoms with Crippen molar-refractivity contribution in [3.63, 3.8) is 0 Å². The minimum Gasteiger partial charge on any atom is -0.397 e. The van der Waals surface area contributed by atoms with Gasteiger partial charge in [-0.1, -0.05) is 32.9 Å². The van der Waals surface area contributed by atoms with Crippen LogP contribution in [0.5, 0.6) is 0 Å². The molecule has 17 heavy (non-hydrogen) atoms. The second-order valence-corrected chi connectivity index (χ2v) is 5.89. The van der Waals surface area contributed by atoms with Crippen LogP contribution in [0.1, 0.15) is 32.8 Å². The normalized spacial score (nSPS) is 14.9. The van der Waals surface area contributed by atoms with Gasteiger partial charge in [0.1, 0.15) is 0 Å². The fraction of sp³-hybridized carbons (Fsp3) is 0.500. The van der Waals surface area contributed by atoms with Crippen molar-refractivity contribution in [1.29, 1.82) is 0 Å². The zero-order valence-corrected chi connectivity index (χ0v) is 10.8. The molecule has 0 fully saturated rings. The number of rotatable bonds is 1. The SMILES string of the molecule is CC(C)(C)CC(=O)N1CCc2cccc(N)c21. The van der Waals surface area contributed by atoms with Crippen LogP contribution in [-0.2, 0) is 11.2 Å². The maximum Gasteiger partial charge on any atom is 0.227 e. The predicted octanol–water partition coefficient (Wildman–Crippen LogP) is 2.59. The van der Waals surface area contributed by atoms with Gasteiger partial charge in [-0.15, -0.1) is 0 Å². The highest BCUT2D eigenvalue weighted by molar-refractivity contribution is 5.99. The van der Waals surface area contributed by atoms with Crippen LogP contribution in [0.25, 0.3) is 0 Å². The number of hydrogen-bond acceptors (Lipinski definition) is 2. The number of amides is 1. The molecule has 0 saturated carbocycles. The number of carbonyl (C=O) groups excluding carboxylic acids is 1. The van der Waals surface area contributed by atoms with E-state index in [0.29, 0.717) is 12.1 Å². The van der Waals surface area contributed by atoms with Gasteiger partial charge >= 0.3 is 0 Å². The molecule has 0 radical (unpaired) electrons. The van der Waals surface area contributed by atoms with E-state index in [0.717, 1.165) is 18.7 Å². The Labute approximate surface area is 103 Å². The molecule has 1 aliphatic rings. The summed E-state index contributed by atoms with van der Waals surface area (Å²) in [5, 5.41) is 0. The van der Waals surface area contributed by atoms with Crippen molar-refractivity contribution in [1.82, 2.24) is 0 Å². The first-order valence-electron chi connectivity index (χ1n) is 6.06. The topological polar surface area (TPSA) is 46.3 Å². The van der Waals surface area contributed by atoms with E-state index in [-0.39, 0.29) is 11.3 Å². The molecule has 3 nitrogen and oxygen atoms in total. The largest absolute Gasteiger partial charge is 0.397 e. The number of fused-ring (bicyclic) bond motifs is 1. The lowest BCUT2D eigenvalue weighted by molar-refractivity contribution is -0.120. The average Bonchev–Trinajstić information content (AvgIpc) is 2.60. The maximum absolute atomic E-state index is 12.2. The van der Waals surface area contributed by atoms with E-state index in [4.69, 9.17) is 5.73 Å². The lowest BCUT2D eigenvalue weighted by atomic mass is 9.91. The molecule has 2 N–H and O–H groups in total. The van der Waals surface area contributed by atoms with Crippen LogP contribution in [0.2, 0.25) is 0 Å². The van der Waals surface area contributed by atoms with E-state index in [1.165, 1.54) is 5.56 Å². The van der Waals surface area contributed by atoms with Crippen molar-refractivity contribution >= 4 is 17.3 Å². The van der Waals surface area contributed by atoms with Gasteiger partial charge in [0.25, 0.3) is 0 Å². The third kappa shape index (κ3) is 2.43. The summed E-state index contributed by atoms with van der Waals surface area (Å²) in [6.07, 6.45) is 1.47. The van der Waals surface area contributed by atoms with E-state index >= 15 is 0 Å². The fourth-order valence-corrected chi connectivity index (χ4v) is 2.28. The minimum atomic E-state index is 0.0172. The van der Waals surface area contributed by atoms with Crippen LogP contribution in [0.3, 0.4) is 0 Å². The first-order valence-corrected chi connectivity index (χ1v) is 6.06. The fourth-order valence-electron chi connectivity index (χ4n) is 2.28. The molecule has 2 rings (SSSR count). The molecule has 0 spiro atoms. The highest BCUT2D eigenvalue weighted by atomic mass is 16.2. The minimum absolute atomic E-state index is 0.0172. The summed E-state index contributed by atoms with van der Waals surface area (Å²) < 4.78 is 0. The Bertz CT molecular complexity index is 446. The van der Waals surface area contributed by atoms with Crippen molar-refractivity contribution in [2.24, 2.45) is 5.41 Å². The van der Waals surface area contributed by atoms with Crippen molar-refractivity contribution in [3.05, 3.63) is 23.8 Å². The van der Waals surface area contributed by atoms with Gasteiger partial charge in [-0.05, 0) is 23.5 Å². The van der Waals surface area contributed by atoms with E-state index in [2.05, 4.69) is 26.8 Å². The molecule has 1 heterocycles. The number of benzene rings is 1. The van der Waals surface area contributed by atoms with Crippen LogP contribution in [0, 0.1) is 5.41 Å². The molecule has 0 bridgehead atoms. The molecule has 0 aliphatic carbocycles. The standard InChI is InChI=1S/C14H20N2O/c1-14(2,3)9-12(17)16-8-7-10-5-4-6-11(15)13(10)16/h4-6H,7-9,15H2,1-3H3. The molecule has 0 aromatic heterocycles. The summed E-state index contributed by atoms with van der Waals surface area (Å²) in [5.41, 5.74) is 8.82. The summed E-state index contributed by atoms with van der Waals surface area (Å²) in [4.78, 5) is 14.1. The van der Waals surface area contributed by atoms with Crippen LogP contribution >= 0.6 is 0 Å². The Morgan fingerprint density at radius 1 is 1.41 bits per heavy atom. The molecule has 0 unspecified atom stereocenters. The summed E-state index contributed by atoms with van der Waals surface area (Å²) in [7, 11) is 0. The Balaban J connectivity index is 2.25. The highest BCUT2D eigenvalue weighted by Gasteiger charge is 2.28. The third-order valence-corrected chi connectivity index (χ3v) is 3.01. The number of anilines is 2. The van der Waals surface area contributed by atoms with Crippen LogP contribution in [0.15, 0.2) is 18.2 Å². The molecule has 3 heteroatoms. The molecular formula is C14H20N2O. The first kappa shape index (κ1) is 12.0. The zero-order valence-electron chi connectivity index (χ0n) is 10.8. The number of para-hydroxylation sites is 1. The molecule has 1 aromatic rings. The van der Waals surface area contributed by atoms with Crippen LogP contribution < -0.4 is 10.6 Å². The third-order valence-electron chi connectivity index (χ3n) is 3.01. The summed E-state index contributed by atoms with van der Waals surface area (Å²) in [6, 6.07) is 5.86. The Morgan fingerprint density at radius 2 is 2.12 bits per heavy atom. The number of carbonyl (C=O) groups is 1. The lowest BCUT2D eigenvalue weighted by Gasteiger charge is -2.24.